The molecule has 26 heavy (non-hydrogen) atoms. The summed E-state index contributed by atoms with van der Waals surface area (Å²) in [7, 11) is 0. The van der Waals surface area contributed by atoms with Crippen molar-refractivity contribution in [2.45, 2.75) is 26.1 Å². The van der Waals surface area contributed by atoms with Gasteiger partial charge in [0.2, 0.25) is 5.82 Å². The van der Waals surface area contributed by atoms with Crippen molar-refractivity contribution in [3.05, 3.63) is 26.8 Å². The number of nitrogens with zero attached hydrogens (tertiary/aromatic N) is 3. The maximum Gasteiger partial charge on any atom is 0.295 e. The van der Waals surface area contributed by atoms with Crippen molar-refractivity contribution in [3.8, 4) is 17.2 Å². The molecule has 2 heterocycles. The number of phenolic OH excluding ortho intramolecular Hbond substituents is 1. The largest absolute Gasteiger partial charge is 0.503 e. The highest BCUT2D eigenvalue weighted by Gasteiger charge is 2.32. The van der Waals surface area contributed by atoms with Crippen LogP contribution in [-0.2, 0) is 4.74 Å². The molecular formula is C15H13F3IN3O4. The predicted molar refractivity (Wildman–Crippen MR) is 89.9 cm³/mol. The Morgan fingerprint density at radius 2 is 1.81 bits per heavy atom. The summed E-state index contributed by atoms with van der Waals surface area (Å²) in [6.07, 6.45) is -0.369. The summed E-state index contributed by atoms with van der Waals surface area (Å²) in [4.78, 5) is 17.7. The summed E-state index contributed by atoms with van der Waals surface area (Å²) in [6, 6.07) is 0. The van der Waals surface area contributed by atoms with Gasteiger partial charge >= 0.3 is 0 Å². The SMILES string of the molecule is C[C@@H]1CN(C(=O)c2noc(-c3c(F)c(O)c(F)c(F)c3I)n2)C[C@H](C)O1. The lowest BCUT2D eigenvalue weighted by atomic mass is 10.2. The minimum absolute atomic E-state index is 0.185. The van der Waals surface area contributed by atoms with Crippen LogP contribution in [0.15, 0.2) is 4.52 Å². The van der Waals surface area contributed by atoms with Crippen LogP contribution in [0, 0.1) is 21.0 Å². The summed E-state index contributed by atoms with van der Waals surface area (Å²) in [5, 5.41) is 12.9. The topological polar surface area (TPSA) is 88.7 Å². The first-order chi connectivity index (χ1) is 12.2. The third-order valence-corrected chi connectivity index (χ3v) is 4.79. The Bertz CT molecular complexity index is 837. The highest BCUT2D eigenvalue weighted by molar-refractivity contribution is 14.1. The lowest BCUT2D eigenvalue weighted by Gasteiger charge is -2.34. The van der Waals surface area contributed by atoms with E-state index in [0.717, 1.165) is 0 Å². The third-order valence-electron chi connectivity index (χ3n) is 3.78. The summed E-state index contributed by atoms with van der Waals surface area (Å²) < 4.78 is 51.2. The number of hydrogen-bond donors (Lipinski definition) is 1. The molecule has 1 N–H and O–H groups in total. The number of halogens is 4. The highest BCUT2D eigenvalue weighted by atomic mass is 127. The van der Waals surface area contributed by atoms with Gasteiger partial charge in [-0.15, -0.1) is 0 Å². The van der Waals surface area contributed by atoms with E-state index in [1.54, 1.807) is 13.8 Å². The average Bonchev–Trinajstić information content (AvgIpc) is 3.06. The van der Waals surface area contributed by atoms with Crippen molar-refractivity contribution >= 4 is 28.5 Å². The van der Waals surface area contributed by atoms with E-state index in [9.17, 15) is 23.1 Å². The van der Waals surface area contributed by atoms with Gasteiger partial charge in [0.25, 0.3) is 17.6 Å². The van der Waals surface area contributed by atoms with E-state index in [1.165, 1.54) is 27.5 Å². The second-order valence-corrected chi connectivity index (χ2v) is 6.95. The van der Waals surface area contributed by atoms with E-state index in [1.807, 2.05) is 0 Å². The van der Waals surface area contributed by atoms with Crippen molar-refractivity contribution in [1.29, 1.82) is 0 Å². The molecule has 0 spiro atoms. The summed E-state index contributed by atoms with van der Waals surface area (Å²) >= 11 is 1.35. The molecule has 1 aliphatic rings. The zero-order chi connectivity index (χ0) is 19.2. The van der Waals surface area contributed by atoms with E-state index in [4.69, 9.17) is 9.26 Å². The minimum atomic E-state index is -1.72. The summed E-state index contributed by atoms with van der Waals surface area (Å²) in [5.41, 5.74) is -0.614. The van der Waals surface area contributed by atoms with Crippen LogP contribution in [0.2, 0.25) is 0 Å². The van der Waals surface area contributed by atoms with Gasteiger partial charge in [0.05, 0.1) is 21.3 Å². The van der Waals surface area contributed by atoms with Crippen LogP contribution in [0.1, 0.15) is 24.5 Å². The third kappa shape index (κ3) is 3.24. The van der Waals surface area contributed by atoms with Crippen molar-refractivity contribution in [1.82, 2.24) is 15.0 Å². The zero-order valence-electron chi connectivity index (χ0n) is 13.6. The van der Waals surface area contributed by atoms with E-state index in [-0.39, 0.29) is 18.0 Å². The fraction of sp³-hybridized carbons (Fsp3) is 0.400. The molecule has 1 fully saturated rings. The van der Waals surface area contributed by atoms with Crippen LogP contribution < -0.4 is 0 Å². The molecule has 1 aromatic carbocycles. The van der Waals surface area contributed by atoms with Gasteiger partial charge in [-0.3, -0.25) is 4.79 Å². The first kappa shape index (κ1) is 18.9. The Morgan fingerprint density at radius 1 is 1.19 bits per heavy atom. The Morgan fingerprint density at radius 3 is 2.42 bits per heavy atom. The summed E-state index contributed by atoms with van der Waals surface area (Å²) in [6.45, 7) is 4.23. The molecule has 0 radical (unpaired) electrons. The number of aromatic hydroxyl groups is 1. The lowest BCUT2D eigenvalue weighted by Crippen LogP contribution is -2.48. The Kier molecular flexibility index (Phi) is 5.10. The maximum atomic E-state index is 14.2. The molecule has 7 nitrogen and oxygen atoms in total. The number of carbonyl (C=O) groups is 1. The van der Waals surface area contributed by atoms with E-state index in [2.05, 4.69) is 10.1 Å². The van der Waals surface area contributed by atoms with Crippen LogP contribution in [0.5, 0.6) is 5.75 Å². The van der Waals surface area contributed by atoms with Gasteiger partial charge in [-0.1, -0.05) is 5.16 Å². The second kappa shape index (κ2) is 7.02. The molecule has 1 aromatic heterocycles. The van der Waals surface area contributed by atoms with Gasteiger partial charge in [0, 0.05) is 13.1 Å². The van der Waals surface area contributed by atoms with Crippen LogP contribution >= 0.6 is 22.6 Å². The molecule has 3 rings (SSSR count). The smallest absolute Gasteiger partial charge is 0.295 e. The normalized spacial score (nSPS) is 20.5. The van der Waals surface area contributed by atoms with Crippen molar-refractivity contribution in [2.75, 3.05) is 13.1 Å². The average molecular weight is 483 g/mol. The molecule has 0 aliphatic carbocycles. The van der Waals surface area contributed by atoms with Gasteiger partial charge < -0.3 is 19.3 Å². The minimum Gasteiger partial charge on any atom is -0.503 e. The molecule has 1 aliphatic heterocycles. The van der Waals surface area contributed by atoms with Crippen LogP contribution in [-0.4, -0.2) is 51.4 Å². The number of hydrogen-bond acceptors (Lipinski definition) is 6. The Labute approximate surface area is 159 Å². The fourth-order valence-electron chi connectivity index (χ4n) is 2.71. The van der Waals surface area contributed by atoms with E-state index >= 15 is 0 Å². The number of benzene rings is 1. The maximum absolute atomic E-state index is 14.2. The molecule has 0 bridgehead atoms. The zero-order valence-corrected chi connectivity index (χ0v) is 15.8. The monoisotopic (exact) mass is 483 g/mol. The van der Waals surface area contributed by atoms with Gasteiger partial charge in [0.15, 0.2) is 17.4 Å². The molecule has 11 heteroatoms. The van der Waals surface area contributed by atoms with Crippen LogP contribution in [0.4, 0.5) is 13.2 Å². The van der Waals surface area contributed by atoms with Crippen molar-refractivity contribution in [2.24, 2.45) is 0 Å². The molecule has 0 saturated carbocycles. The van der Waals surface area contributed by atoms with Crippen LogP contribution in [0.3, 0.4) is 0 Å². The Balaban J connectivity index is 1.95. The number of carbonyl (C=O) groups excluding carboxylic acids is 1. The summed E-state index contributed by atoms with van der Waals surface area (Å²) in [5.74, 6) is -7.60. The first-order valence-electron chi connectivity index (χ1n) is 7.54. The van der Waals surface area contributed by atoms with Gasteiger partial charge in [-0.2, -0.15) is 9.37 Å². The molecule has 140 valence electrons. The molecular weight excluding hydrogens is 470 g/mol. The van der Waals surface area contributed by atoms with Crippen molar-refractivity contribution in [3.63, 3.8) is 0 Å². The lowest BCUT2D eigenvalue weighted by molar-refractivity contribution is -0.0589. The van der Waals surface area contributed by atoms with Gasteiger partial charge in [0.1, 0.15) is 0 Å². The van der Waals surface area contributed by atoms with Crippen LogP contribution in [0.25, 0.3) is 11.5 Å². The first-order valence-corrected chi connectivity index (χ1v) is 8.62. The van der Waals surface area contributed by atoms with Gasteiger partial charge in [-0.05, 0) is 36.4 Å². The number of morpholine rings is 1. The molecule has 0 unspecified atom stereocenters. The quantitative estimate of drug-likeness (QED) is 0.402. The number of ether oxygens (including phenoxy) is 1. The number of rotatable bonds is 2. The molecule has 1 saturated heterocycles. The van der Waals surface area contributed by atoms with E-state index in [0.29, 0.717) is 13.1 Å². The number of amides is 1. The molecule has 2 atom stereocenters. The standard InChI is InChI=1S/C15H13F3IN3O4/c1-5-3-22(4-6(2)25-5)15(24)13-20-14(26-21-13)7-8(16)12(23)10(18)9(17)11(7)19/h5-6,23H,3-4H2,1-2H3/t5-,6+. The number of aromatic nitrogens is 2. The van der Waals surface area contributed by atoms with Gasteiger partial charge in [-0.25, -0.2) is 8.78 Å². The second-order valence-electron chi connectivity index (χ2n) is 5.87. The molecule has 1 amide bonds. The highest BCUT2D eigenvalue weighted by Crippen LogP contribution is 2.36. The predicted octanol–water partition coefficient (Wildman–Crippen LogP) is 2.71. The molecule has 2 aromatic rings. The Hall–Kier alpha value is -1.89. The number of phenols is 1. The fourth-order valence-corrected chi connectivity index (χ4v) is 3.41. The van der Waals surface area contributed by atoms with E-state index < -0.39 is 44.1 Å². The van der Waals surface area contributed by atoms with Crippen molar-refractivity contribution < 1.29 is 32.3 Å².